The number of anilines is 4. The Balaban J connectivity index is 1.86. The molecule has 2 heterocycles. The molecule has 0 saturated heterocycles. The fourth-order valence-corrected chi connectivity index (χ4v) is 3.83. The molecule has 1 aliphatic heterocycles. The summed E-state index contributed by atoms with van der Waals surface area (Å²) in [5.74, 6) is 0.888. The van der Waals surface area contributed by atoms with Gasteiger partial charge in [-0.2, -0.15) is 0 Å². The molecule has 1 aliphatic rings. The largest absolute Gasteiger partial charge is 0.386 e. The molecule has 2 amide bonds. The van der Waals surface area contributed by atoms with E-state index in [1.165, 1.54) is 16.7 Å². The zero-order chi connectivity index (χ0) is 21.7. The number of aryl methyl sites for hydroxylation is 1. The first-order valence-corrected chi connectivity index (χ1v) is 10.4. The molecule has 1 aromatic carbocycles. The van der Waals surface area contributed by atoms with Crippen LogP contribution in [0.5, 0.6) is 0 Å². The minimum atomic E-state index is -0.0192. The summed E-state index contributed by atoms with van der Waals surface area (Å²) in [7, 11) is 7.53. The van der Waals surface area contributed by atoms with Gasteiger partial charge in [0, 0.05) is 53.0 Å². The van der Waals surface area contributed by atoms with Crippen molar-refractivity contribution in [3.05, 3.63) is 47.7 Å². The molecule has 0 aliphatic carbocycles. The van der Waals surface area contributed by atoms with Gasteiger partial charge in [0.15, 0.2) is 0 Å². The zero-order valence-electron chi connectivity index (χ0n) is 18.5. The maximum Gasteiger partial charge on any atom is 0.317 e. The van der Waals surface area contributed by atoms with Crippen molar-refractivity contribution in [3.8, 4) is 0 Å². The summed E-state index contributed by atoms with van der Waals surface area (Å²) in [5.41, 5.74) is 6.93. The van der Waals surface area contributed by atoms with Crippen LogP contribution in [0.25, 0.3) is 5.57 Å². The van der Waals surface area contributed by atoms with Crippen molar-refractivity contribution in [2.24, 2.45) is 0 Å². The van der Waals surface area contributed by atoms with Crippen molar-refractivity contribution in [2.75, 3.05) is 56.8 Å². The molecule has 0 unspecified atom stereocenters. The second kappa shape index (κ2) is 9.52. The smallest absolute Gasteiger partial charge is 0.317 e. The summed E-state index contributed by atoms with van der Waals surface area (Å²) in [6, 6.07) is 8.65. The van der Waals surface area contributed by atoms with Crippen molar-refractivity contribution in [2.45, 2.75) is 19.8 Å². The van der Waals surface area contributed by atoms with Gasteiger partial charge >= 0.3 is 6.03 Å². The molecular weight excluding hydrogens is 376 g/mol. The Labute approximate surface area is 179 Å². The highest BCUT2D eigenvalue weighted by Crippen LogP contribution is 2.33. The van der Waals surface area contributed by atoms with E-state index < -0.39 is 0 Å². The number of hydrogen-bond acceptors (Lipinski definition) is 5. The number of benzene rings is 1. The van der Waals surface area contributed by atoms with Crippen molar-refractivity contribution in [1.82, 2.24) is 15.2 Å². The number of aromatic nitrogens is 1. The van der Waals surface area contributed by atoms with E-state index in [4.69, 9.17) is 0 Å². The third-order valence-electron chi connectivity index (χ3n) is 5.67. The third kappa shape index (κ3) is 4.35. The highest BCUT2D eigenvalue weighted by Gasteiger charge is 2.18. The average Bonchev–Trinajstić information content (AvgIpc) is 2.82. The first kappa shape index (κ1) is 21.5. The van der Waals surface area contributed by atoms with Crippen LogP contribution in [0.3, 0.4) is 0 Å². The lowest BCUT2D eigenvalue weighted by molar-refractivity contribution is 0.205. The predicted octanol–water partition coefficient (Wildman–Crippen LogP) is 3.92. The Morgan fingerprint density at radius 1 is 1.17 bits per heavy atom. The van der Waals surface area contributed by atoms with Gasteiger partial charge in [-0.3, -0.25) is 0 Å². The maximum atomic E-state index is 11.8. The molecule has 7 heteroatoms. The molecule has 160 valence electrons. The van der Waals surface area contributed by atoms with Gasteiger partial charge in [-0.05, 0) is 41.7 Å². The Bertz CT molecular complexity index is 939. The van der Waals surface area contributed by atoms with Crippen LogP contribution in [0.15, 0.2) is 36.5 Å². The average molecular weight is 409 g/mol. The molecule has 0 radical (unpaired) electrons. The summed E-state index contributed by atoms with van der Waals surface area (Å²) in [6.07, 6.45) is 5.81. The van der Waals surface area contributed by atoms with Crippen LogP contribution in [0.1, 0.15) is 24.5 Å². The molecule has 3 N–H and O–H groups in total. The number of nitrogens with one attached hydrogen (secondary N) is 3. The second-order valence-corrected chi connectivity index (χ2v) is 7.32. The van der Waals surface area contributed by atoms with Crippen molar-refractivity contribution < 1.29 is 4.79 Å². The van der Waals surface area contributed by atoms with Crippen LogP contribution in [-0.2, 0) is 6.42 Å². The second-order valence-electron chi connectivity index (χ2n) is 7.32. The Hall–Kier alpha value is -3.22. The van der Waals surface area contributed by atoms with Gasteiger partial charge in [-0.25, -0.2) is 9.78 Å². The summed E-state index contributed by atoms with van der Waals surface area (Å²) >= 11 is 0. The van der Waals surface area contributed by atoms with Gasteiger partial charge in [-0.15, -0.1) is 0 Å². The zero-order valence-corrected chi connectivity index (χ0v) is 18.5. The summed E-state index contributed by atoms with van der Waals surface area (Å²) in [6.45, 7) is 3.56. The van der Waals surface area contributed by atoms with E-state index >= 15 is 0 Å². The number of amides is 2. The monoisotopic (exact) mass is 408 g/mol. The summed E-state index contributed by atoms with van der Waals surface area (Å²) in [5, 5.41) is 9.07. The van der Waals surface area contributed by atoms with Crippen molar-refractivity contribution in [1.29, 1.82) is 0 Å². The van der Waals surface area contributed by atoms with Gasteiger partial charge in [0.2, 0.25) is 0 Å². The topological polar surface area (TPSA) is 72.5 Å². The molecular formula is C23H32N6O. The number of hydrogen-bond donors (Lipinski definition) is 3. The van der Waals surface area contributed by atoms with Crippen LogP contribution in [0.4, 0.5) is 27.7 Å². The Morgan fingerprint density at radius 2 is 1.93 bits per heavy atom. The van der Waals surface area contributed by atoms with E-state index in [0.29, 0.717) is 6.54 Å². The van der Waals surface area contributed by atoms with Gasteiger partial charge in [0.25, 0.3) is 0 Å². The highest BCUT2D eigenvalue weighted by atomic mass is 16.2. The first-order valence-electron chi connectivity index (χ1n) is 10.4. The molecule has 0 spiro atoms. The normalized spacial score (nSPS) is 13.5. The van der Waals surface area contributed by atoms with Crippen molar-refractivity contribution >= 4 is 34.5 Å². The van der Waals surface area contributed by atoms with Crippen LogP contribution in [0.2, 0.25) is 0 Å². The molecule has 0 saturated carbocycles. The number of rotatable bonds is 6. The van der Waals surface area contributed by atoms with Gasteiger partial charge in [0.05, 0.1) is 17.6 Å². The Kier molecular flexibility index (Phi) is 6.82. The van der Waals surface area contributed by atoms with E-state index in [1.807, 2.05) is 25.2 Å². The number of carbonyl (C=O) groups is 1. The lowest BCUT2D eigenvalue weighted by Gasteiger charge is -2.27. The quantitative estimate of drug-likeness (QED) is 0.676. The fourth-order valence-electron chi connectivity index (χ4n) is 3.83. The maximum absolute atomic E-state index is 11.8. The summed E-state index contributed by atoms with van der Waals surface area (Å²) < 4.78 is 0. The third-order valence-corrected chi connectivity index (χ3v) is 5.67. The fraction of sp³-hybridized carbons (Fsp3) is 0.391. The van der Waals surface area contributed by atoms with E-state index in [2.05, 4.69) is 70.1 Å². The molecule has 0 bridgehead atoms. The lowest BCUT2D eigenvalue weighted by Crippen LogP contribution is -2.40. The number of urea groups is 1. The standard InChI is InChI=1S/C23H32N6O/c1-6-16-13-18(17-9-11-29(12-10-17)23(30)26-4)7-8-21(16)28(5)22-14-19(24-2)20(25-3)15-27-22/h7-9,13-15,25H,6,10-12H2,1-5H3,(H,24,27)(H,26,30). The lowest BCUT2D eigenvalue weighted by atomic mass is 9.96. The van der Waals surface area contributed by atoms with E-state index in [0.717, 1.165) is 42.3 Å². The van der Waals surface area contributed by atoms with Gasteiger partial charge in [0.1, 0.15) is 5.82 Å². The van der Waals surface area contributed by atoms with Crippen LogP contribution >= 0.6 is 0 Å². The molecule has 0 atom stereocenters. The van der Waals surface area contributed by atoms with E-state index in [1.54, 1.807) is 7.05 Å². The number of pyridine rings is 1. The molecule has 1 aromatic heterocycles. The summed E-state index contributed by atoms with van der Waals surface area (Å²) in [4.78, 5) is 20.4. The molecule has 3 rings (SSSR count). The van der Waals surface area contributed by atoms with Crippen LogP contribution in [0, 0.1) is 0 Å². The number of carbonyl (C=O) groups excluding carboxylic acids is 1. The SMILES string of the molecule is CCc1cc(C2=CCN(C(=O)NC)CC2)ccc1N(C)c1cc(NC)c(NC)cn1. The van der Waals surface area contributed by atoms with Crippen LogP contribution in [-0.4, -0.2) is 57.2 Å². The highest BCUT2D eigenvalue weighted by molar-refractivity contribution is 5.78. The van der Waals surface area contributed by atoms with Crippen molar-refractivity contribution in [3.63, 3.8) is 0 Å². The molecule has 7 nitrogen and oxygen atoms in total. The minimum absolute atomic E-state index is 0.0192. The van der Waals surface area contributed by atoms with E-state index in [-0.39, 0.29) is 6.03 Å². The van der Waals surface area contributed by atoms with Gasteiger partial charge < -0.3 is 25.8 Å². The molecule has 30 heavy (non-hydrogen) atoms. The Morgan fingerprint density at radius 3 is 2.53 bits per heavy atom. The molecule has 0 fully saturated rings. The minimum Gasteiger partial charge on any atom is -0.386 e. The number of nitrogens with zero attached hydrogens (tertiary/aromatic N) is 3. The predicted molar refractivity (Wildman–Crippen MR) is 126 cm³/mol. The van der Waals surface area contributed by atoms with Gasteiger partial charge in [-0.1, -0.05) is 19.1 Å². The molecule has 2 aromatic rings. The van der Waals surface area contributed by atoms with Crippen LogP contribution < -0.4 is 20.9 Å². The first-order chi connectivity index (χ1) is 14.5. The van der Waals surface area contributed by atoms with E-state index in [9.17, 15) is 4.79 Å².